The van der Waals surface area contributed by atoms with Gasteiger partial charge in [-0.15, -0.1) is 0 Å². The second-order valence-corrected chi connectivity index (χ2v) is 31.2. The predicted molar refractivity (Wildman–Crippen MR) is 182 cm³/mol. The molecule has 0 bridgehead atoms. The molecule has 0 aromatic heterocycles. The molecule has 0 saturated heterocycles. The third-order valence-electron chi connectivity index (χ3n) is 7.76. The van der Waals surface area contributed by atoms with E-state index in [1.807, 2.05) is 37.3 Å². The van der Waals surface area contributed by atoms with Gasteiger partial charge in [-0.05, 0) is 0 Å². The number of rotatable bonds is 17. The number of unbranched alkanes of at least 4 members (excludes halogenated alkanes) is 3. The van der Waals surface area contributed by atoms with Gasteiger partial charge in [0.2, 0.25) is 0 Å². The second kappa shape index (κ2) is 21.4. The first-order valence-electron chi connectivity index (χ1n) is 16.3. The fraction of sp³-hybridized carbons (Fsp3) is 0.588. The summed E-state index contributed by atoms with van der Waals surface area (Å²) in [4.78, 5) is 0.393. The third-order valence-corrected chi connectivity index (χ3v) is 27.4. The summed E-state index contributed by atoms with van der Waals surface area (Å²) in [5.74, 6) is 4.47. The van der Waals surface area contributed by atoms with E-state index in [-0.39, 0.29) is 5.92 Å². The molecule has 0 aliphatic rings. The van der Waals surface area contributed by atoms with Crippen LogP contribution in [0.5, 0.6) is 0 Å². The number of halogens is 4. The number of sulfonamides is 1. The Balaban J connectivity index is 0.00000122. The third kappa shape index (κ3) is 16.1. The van der Waals surface area contributed by atoms with Gasteiger partial charge in [-0.1, -0.05) is 0 Å². The van der Waals surface area contributed by atoms with Gasteiger partial charge in [-0.2, -0.15) is 13.2 Å². The topological polar surface area (TPSA) is 94.6 Å². The summed E-state index contributed by atoms with van der Waals surface area (Å²) >= 11 is -3.43. The first-order chi connectivity index (χ1) is 21.9. The van der Waals surface area contributed by atoms with E-state index in [4.69, 9.17) is 13.0 Å². The van der Waals surface area contributed by atoms with Crippen molar-refractivity contribution in [3.05, 3.63) is 63.7 Å². The van der Waals surface area contributed by atoms with E-state index in [0.717, 1.165) is 15.6 Å². The maximum Gasteiger partial charge on any atom is 0.485 e. The summed E-state index contributed by atoms with van der Waals surface area (Å²) < 4.78 is 97.7. The minimum Gasteiger partial charge on any atom is -0.741 e. The Morgan fingerprint density at radius 3 is 1.72 bits per heavy atom. The average Bonchev–Trinajstić information content (AvgIpc) is 3.00. The van der Waals surface area contributed by atoms with Crippen molar-refractivity contribution >= 4 is 38.5 Å². The van der Waals surface area contributed by atoms with Crippen LogP contribution < -0.4 is 21.5 Å². The molecule has 0 heterocycles. The summed E-state index contributed by atoms with van der Waals surface area (Å²) in [5, 5.41) is 0. The Labute approximate surface area is 297 Å². The van der Waals surface area contributed by atoms with Gasteiger partial charge in [0.05, 0.1) is 0 Å². The quantitative estimate of drug-likeness (QED) is 0.0488. The summed E-state index contributed by atoms with van der Waals surface area (Å²) in [6.45, 7) is 13.9. The van der Waals surface area contributed by atoms with Crippen LogP contribution in [-0.2, 0) is 20.1 Å². The molecular weight excluding hydrogens is 869 g/mol. The fourth-order valence-electron chi connectivity index (χ4n) is 4.78. The van der Waals surface area contributed by atoms with Crippen molar-refractivity contribution in [1.29, 1.82) is 0 Å². The molecule has 0 N–H and O–H groups in total. The molecule has 266 valence electrons. The van der Waals surface area contributed by atoms with E-state index in [1.54, 1.807) is 14.7 Å². The largest absolute Gasteiger partial charge is 0.741 e. The van der Waals surface area contributed by atoms with Crippen molar-refractivity contribution in [2.45, 2.75) is 110 Å². The first-order valence-corrected chi connectivity index (χ1v) is 28.6. The molecular formula is C34H51F3INO5S2Sn. The van der Waals surface area contributed by atoms with Crippen LogP contribution in [0.15, 0.2) is 59.5 Å². The van der Waals surface area contributed by atoms with Gasteiger partial charge in [0.25, 0.3) is 0 Å². The summed E-state index contributed by atoms with van der Waals surface area (Å²) in [6, 6.07) is 17.4. The Kier molecular flexibility index (Phi) is 20.1. The second-order valence-electron chi connectivity index (χ2n) is 12.1. The minimum absolute atomic E-state index is 0.224. The summed E-state index contributed by atoms with van der Waals surface area (Å²) in [5.41, 5.74) is -4.58. The molecule has 0 saturated carbocycles. The van der Waals surface area contributed by atoms with Crippen LogP contribution in [0, 0.1) is 32.2 Å². The Morgan fingerprint density at radius 1 is 0.851 bits per heavy atom. The van der Waals surface area contributed by atoms with Gasteiger partial charge < -0.3 is 4.55 Å². The van der Waals surface area contributed by atoms with Crippen molar-refractivity contribution in [2.75, 3.05) is 6.54 Å². The number of benzene rings is 2. The standard InChI is InChI=1S/C21H24INO2S.3C4H9.CHF3O3S.Sn/c1-5-19(17(2)3)15-16-23(22-20-9-7-6-8-10-20)26(24,25)21-13-11-18(4)12-14-21;3*1-3-4-2;2-1(3,4)8(5,6)7;/h6-14,17,19H,15-16H2,2-4H3;3*1,3-4H2,2H3;(H,5,6,7);/q+1;;;;;/p-1. The number of nitrogens with zero attached hydrogens (tertiary/aromatic N) is 1. The van der Waals surface area contributed by atoms with E-state index in [9.17, 15) is 21.6 Å². The fourth-order valence-corrected chi connectivity index (χ4v) is 23.2. The molecule has 0 aliphatic carbocycles. The first kappa shape index (κ1) is 44.2. The van der Waals surface area contributed by atoms with Gasteiger partial charge in [0.15, 0.2) is 10.1 Å². The smallest absolute Gasteiger partial charge is 0.485 e. The molecule has 0 fully saturated rings. The summed E-state index contributed by atoms with van der Waals surface area (Å²) in [6.07, 6.45) is 8.49. The van der Waals surface area contributed by atoms with E-state index in [0.29, 0.717) is 17.4 Å². The number of alkyl halides is 3. The maximum atomic E-state index is 13.8. The van der Waals surface area contributed by atoms with Crippen molar-refractivity contribution in [2.24, 2.45) is 11.8 Å². The molecule has 0 aliphatic heterocycles. The molecule has 1 unspecified atom stereocenters. The SMILES string of the molecule is CCC[CH2][Sn]([C]#CC(CCN([I+]c1ccccc1)S(=O)(=O)c1ccc(C)cc1)C(C)C)([CH2]CCC)[CH2]CCC.O=S(=O)([O-])C(F)(F)F. The maximum absolute atomic E-state index is 13.8. The van der Waals surface area contributed by atoms with E-state index in [2.05, 4.69) is 56.6 Å². The molecule has 0 radical (unpaired) electrons. The molecule has 0 amide bonds. The van der Waals surface area contributed by atoms with Crippen LogP contribution in [0.2, 0.25) is 13.3 Å². The van der Waals surface area contributed by atoms with Crippen LogP contribution in [0.1, 0.15) is 85.1 Å². The molecule has 6 nitrogen and oxygen atoms in total. The average molecular weight is 921 g/mol. The van der Waals surface area contributed by atoms with Gasteiger partial charge >= 0.3 is 263 Å². The van der Waals surface area contributed by atoms with Crippen LogP contribution in [0.4, 0.5) is 13.2 Å². The van der Waals surface area contributed by atoms with E-state index in [1.165, 1.54) is 51.8 Å². The van der Waals surface area contributed by atoms with Crippen molar-refractivity contribution < 1.29 is 56.0 Å². The molecule has 13 heteroatoms. The molecule has 0 spiro atoms. The van der Waals surface area contributed by atoms with Crippen molar-refractivity contribution in [1.82, 2.24) is 2.52 Å². The number of aryl methyl sites for hydroxylation is 1. The Morgan fingerprint density at radius 2 is 1.32 bits per heavy atom. The molecule has 1 atom stereocenters. The van der Waals surface area contributed by atoms with Crippen LogP contribution >= 0.6 is 0 Å². The number of hydrogen-bond donors (Lipinski definition) is 0. The molecule has 2 rings (SSSR count). The van der Waals surface area contributed by atoms with Crippen molar-refractivity contribution in [3.63, 3.8) is 0 Å². The van der Waals surface area contributed by atoms with E-state index < -0.39 is 65.5 Å². The predicted octanol–water partition coefficient (Wildman–Crippen LogP) is 5.96. The van der Waals surface area contributed by atoms with Gasteiger partial charge in [0.1, 0.15) is 0 Å². The zero-order valence-corrected chi connectivity index (χ0v) is 35.1. The molecule has 47 heavy (non-hydrogen) atoms. The zero-order valence-electron chi connectivity index (χ0n) is 28.4. The number of hydrogen-bond acceptors (Lipinski definition) is 5. The molecule has 2 aromatic rings. The molecule has 2 aromatic carbocycles. The van der Waals surface area contributed by atoms with Gasteiger partial charge in [-0.25, -0.2) is 8.42 Å². The van der Waals surface area contributed by atoms with Crippen molar-refractivity contribution in [3.8, 4) is 9.86 Å². The summed E-state index contributed by atoms with van der Waals surface area (Å²) in [7, 11) is -9.66. The van der Waals surface area contributed by atoms with Gasteiger partial charge in [-0.3, -0.25) is 0 Å². The Bertz CT molecular complexity index is 1440. The van der Waals surface area contributed by atoms with Crippen LogP contribution in [0.25, 0.3) is 0 Å². The van der Waals surface area contributed by atoms with E-state index >= 15 is 0 Å². The minimum atomic E-state index is -6.09. The Hall–Kier alpha value is -0.861. The monoisotopic (exact) mass is 921 g/mol. The van der Waals surface area contributed by atoms with Gasteiger partial charge in [0, 0.05) is 0 Å². The normalized spacial score (nSPS) is 13.1. The zero-order chi connectivity index (χ0) is 35.7. The van der Waals surface area contributed by atoms with Crippen LogP contribution in [-0.4, -0.2) is 54.3 Å². The van der Waals surface area contributed by atoms with Crippen LogP contribution in [0.3, 0.4) is 0 Å².